The summed E-state index contributed by atoms with van der Waals surface area (Å²) in [6, 6.07) is 7.00. The van der Waals surface area contributed by atoms with E-state index in [1.807, 2.05) is 4.90 Å². The first-order valence-corrected chi connectivity index (χ1v) is 7.75. The van der Waals surface area contributed by atoms with Crippen LogP contribution in [0.1, 0.15) is 36.0 Å². The molecule has 1 saturated heterocycles. The molecule has 0 bridgehead atoms. The minimum absolute atomic E-state index is 0. The predicted molar refractivity (Wildman–Crippen MR) is 88.5 cm³/mol. The molecular weight excluding hydrogens is 323 g/mol. The summed E-state index contributed by atoms with van der Waals surface area (Å²) in [5.41, 5.74) is 6.04. The maximum Gasteiger partial charge on any atom is 0.242 e. The second-order valence-electron chi connectivity index (χ2n) is 6.09. The Labute approximate surface area is 141 Å². The molecule has 120 valence electrons. The van der Waals surface area contributed by atoms with Crippen LogP contribution in [-0.2, 0) is 4.79 Å². The molecule has 0 atom stereocenters. The molecule has 1 amide bonds. The van der Waals surface area contributed by atoms with Crippen molar-refractivity contribution in [3.8, 4) is 0 Å². The van der Waals surface area contributed by atoms with Crippen molar-refractivity contribution in [2.75, 3.05) is 13.1 Å². The summed E-state index contributed by atoms with van der Waals surface area (Å²) < 4.78 is 0. The standard InChI is InChI=1S/C16H19ClN2O2.ClH/c17-13-3-1-11(2-4-13)14(20)12-5-9-19(10-6-12)15(21)16(18)7-8-16;/h1-4,12H,5-10,18H2;1H. The molecule has 1 aliphatic carbocycles. The quantitative estimate of drug-likeness (QED) is 0.859. The lowest BCUT2D eigenvalue weighted by atomic mass is 9.88. The van der Waals surface area contributed by atoms with Gasteiger partial charge in [-0.25, -0.2) is 0 Å². The normalized spacial score (nSPS) is 20.2. The van der Waals surface area contributed by atoms with Gasteiger partial charge < -0.3 is 10.6 Å². The van der Waals surface area contributed by atoms with E-state index in [4.69, 9.17) is 17.3 Å². The molecule has 0 aromatic heterocycles. The van der Waals surface area contributed by atoms with E-state index in [2.05, 4.69) is 0 Å². The van der Waals surface area contributed by atoms with E-state index < -0.39 is 5.54 Å². The first kappa shape index (κ1) is 17.3. The maximum atomic E-state index is 12.4. The van der Waals surface area contributed by atoms with Crippen molar-refractivity contribution in [1.82, 2.24) is 4.90 Å². The first-order chi connectivity index (χ1) is 9.99. The molecule has 1 aliphatic heterocycles. The van der Waals surface area contributed by atoms with Gasteiger partial charge in [0.25, 0.3) is 0 Å². The second kappa shape index (κ2) is 6.57. The van der Waals surface area contributed by atoms with Crippen LogP contribution >= 0.6 is 24.0 Å². The van der Waals surface area contributed by atoms with E-state index in [1.54, 1.807) is 24.3 Å². The van der Waals surface area contributed by atoms with Crippen molar-refractivity contribution >= 4 is 35.7 Å². The number of hydrogen-bond acceptors (Lipinski definition) is 3. The number of ketones is 1. The molecule has 0 radical (unpaired) electrons. The van der Waals surface area contributed by atoms with E-state index in [9.17, 15) is 9.59 Å². The highest BCUT2D eigenvalue weighted by molar-refractivity contribution is 6.30. The third-order valence-electron chi connectivity index (χ3n) is 4.50. The monoisotopic (exact) mass is 342 g/mol. The lowest BCUT2D eigenvalue weighted by molar-refractivity contribution is -0.134. The van der Waals surface area contributed by atoms with Crippen molar-refractivity contribution in [3.05, 3.63) is 34.9 Å². The Kier molecular flexibility index (Phi) is 5.15. The third-order valence-corrected chi connectivity index (χ3v) is 4.75. The molecule has 2 N–H and O–H groups in total. The van der Waals surface area contributed by atoms with Crippen LogP contribution in [0, 0.1) is 5.92 Å². The van der Waals surface area contributed by atoms with Gasteiger partial charge in [-0.1, -0.05) is 11.6 Å². The molecule has 2 aliphatic rings. The van der Waals surface area contributed by atoms with Gasteiger partial charge >= 0.3 is 0 Å². The fourth-order valence-electron chi connectivity index (χ4n) is 2.86. The van der Waals surface area contributed by atoms with Crippen LogP contribution in [0.25, 0.3) is 0 Å². The number of nitrogens with two attached hydrogens (primary N) is 1. The zero-order chi connectivity index (χ0) is 15.0. The van der Waals surface area contributed by atoms with Gasteiger partial charge in [0, 0.05) is 29.6 Å². The SMILES string of the molecule is Cl.NC1(C(=O)N2CCC(C(=O)c3ccc(Cl)cc3)CC2)CC1. The van der Waals surface area contributed by atoms with Crippen molar-refractivity contribution < 1.29 is 9.59 Å². The third kappa shape index (κ3) is 3.45. The minimum Gasteiger partial charge on any atom is -0.341 e. The summed E-state index contributed by atoms with van der Waals surface area (Å²) in [4.78, 5) is 26.4. The summed E-state index contributed by atoms with van der Waals surface area (Å²) in [6.45, 7) is 1.25. The van der Waals surface area contributed by atoms with Crippen LogP contribution in [0.3, 0.4) is 0 Å². The number of likely N-dealkylation sites (tertiary alicyclic amines) is 1. The molecule has 6 heteroatoms. The number of carbonyl (C=O) groups excluding carboxylic acids is 2. The van der Waals surface area contributed by atoms with Crippen molar-refractivity contribution in [2.24, 2.45) is 11.7 Å². The van der Waals surface area contributed by atoms with Crippen molar-refractivity contribution in [3.63, 3.8) is 0 Å². The van der Waals surface area contributed by atoms with Crippen LogP contribution in [-0.4, -0.2) is 35.2 Å². The van der Waals surface area contributed by atoms with Crippen LogP contribution in [0.4, 0.5) is 0 Å². The molecule has 22 heavy (non-hydrogen) atoms. The zero-order valence-electron chi connectivity index (χ0n) is 12.3. The largest absolute Gasteiger partial charge is 0.341 e. The molecule has 1 aromatic carbocycles. The molecule has 2 fully saturated rings. The van der Waals surface area contributed by atoms with Gasteiger partial charge in [-0.05, 0) is 49.9 Å². The minimum atomic E-state index is -0.604. The smallest absolute Gasteiger partial charge is 0.242 e. The summed E-state index contributed by atoms with van der Waals surface area (Å²) >= 11 is 5.84. The number of piperidine rings is 1. The van der Waals surface area contributed by atoms with Gasteiger partial charge in [0.05, 0.1) is 5.54 Å². The first-order valence-electron chi connectivity index (χ1n) is 7.38. The molecule has 1 saturated carbocycles. The van der Waals surface area contributed by atoms with Gasteiger partial charge in [-0.3, -0.25) is 9.59 Å². The van der Waals surface area contributed by atoms with E-state index in [0.717, 1.165) is 12.8 Å². The number of amides is 1. The molecule has 3 rings (SSSR count). The molecule has 1 heterocycles. The Morgan fingerprint density at radius 1 is 1.14 bits per heavy atom. The van der Waals surface area contributed by atoms with Crippen LogP contribution in [0.15, 0.2) is 24.3 Å². The summed E-state index contributed by atoms with van der Waals surface area (Å²) in [6.07, 6.45) is 3.00. The van der Waals surface area contributed by atoms with E-state index in [1.165, 1.54) is 0 Å². The average molecular weight is 343 g/mol. The lowest BCUT2D eigenvalue weighted by Gasteiger charge is -2.33. The predicted octanol–water partition coefficient (Wildman–Crippen LogP) is 2.67. The van der Waals surface area contributed by atoms with Gasteiger partial charge in [0.2, 0.25) is 5.91 Å². The van der Waals surface area contributed by atoms with Crippen LogP contribution < -0.4 is 5.73 Å². The Hall–Kier alpha value is -1.10. The van der Waals surface area contributed by atoms with Gasteiger partial charge in [-0.2, -0.15) is 0 Å². The van der Waals surface area contributed by atoms with E-state index in [0.29, 0.717) is 36.5 Å². The van der Waals surface area contributed by atoms with Gasteiger partial charge in [0.1, 0.15) is 0 Å². The highest BCUT2D eigenvalue weighted by atomic mass is 35.5. The molecular formula is C16H20Cl2N2O2. The van der Waals surface area contributed by atoms with Crippen molar-refractivity contribution in [1.29, 1.82) is 0 Å². The Morgan fingerprint density at radius 3 is 2.18 bits per heavy atom. The summed E-state index contributed by atoms with van der Waals surface area (Å²) in [5.74, 6) is 0.190. The fraction of sp³-hybridized carbons (Fsp3) is 0.500. The summed E-state index contributed by atoms with van der Waals surface area (Å²) in [7, 11) is 0. The van der Waals surface area contributed by atoms with Gasteiger partial charge in [-0.15, -0.1) is 12.4 Å². The average Bonchev–Trinajstić information content (AvgIpc) is 3.26. The highest BCUT2D eigenvalue weighted by Crippen LogP contribution is 2.35. The van der Waals surface area contributed by atoms with Crippen LogP contribution in [0.2, 0.25) is 5.02 Å². The molecule has 4 nitrogen and oxygen atoms in total. The number of benzene rings is 1. The number of halogens is 2. The number of hydrogen-bond donors (Lipinski definition) is 1. The van der Waals surface area contributed by atoms with Crippen LogP contribution in [0.5, 0.6) is 0 Å². The van der Waals surface area contributed by atoms with Crippen molar-refractivity contribution in [2.45, 2.75) is 31.2 Å². The topological polar surface area (TPSA) is 63.4 Å². The number of Topliss-reactive ketones (excluding diaryl/α,β-unsaturated/α-hetero) is 1. The van der Waals surface area contributed by atoms with E-state index >= 15 is 0 Å². The molecule has 0 spiro atoms. The molecule has 1 aromatic rings. The zero-order valence-corrected chi connectivity index (χ0v) is 13.8. The Bertz CT molecular complexity index is 562. The summed E-state index contributed by atoms with van der Waals surface area (Å²) in [5, 5.41) is 0.629. The fourth-order valence-corrected chi connectivity index (χ4v) is 2.98. The Morgan fingerprint density at radius 2 is 1.68 bits per heavy atom. The highest BCUT2D eigenvalue weighted by Gasteiger charge is 2.48. The number of rotatable bonds is 3. The Balaban J connectivity index is 0.00000176. The second-order valence-corrected chi connectivity index (χ2v) is 6.53. The number of nitrogens with zero attached hydrogens (tertiary/aromatic N) is 1. The number of carbonyl (C=O) groups is 2. The van der Waals surface area contributed by atoms with E-state index in [-0.39, 0.29) is 30.0 Å². The molecule has 0 unspecified atom stereocenters. The lowest BCUT2D eigenvalue weighted by Crippen LogP contribution is -2.49. The maximum absolute atomic E-state index is 12.4. The van der Waals surface area contributed by atoms with Gasteiger partial charge in [0.15, 0.2) is 5.78 Å².